The van der Waals surface area contributed by atoms with Crippen LogP contribution in [0, 0.1) is 0 Å². The maximum absolute atomic E-state index is 5.62. The van der Waals surface area contributed by atoms with Crippen molar-refractivity contribution in [1.82, 2.24) is 25.2 Å². The van der Waals surface area contributed by atoms with E-state index in [2.05, 4.69) is 38.9 Å². The van der Waals surface area contributed by atoms with Crippen LogP contribution in [0.15, 0.2) is 60.9 Å². The van der Waals surface area contributed by atoms with Crippen molar-refractivity contribution < 1.29 is 4.74 Å². The van der Waals surface area contributed by atoms with Gasteiger partial charge in [-0.3, -0.25) is 10.5 Å². The number of hydrogen-bond donors (Lipinski definition) is 4. The van der Waals surface area contributed by atoms with Crippen LogP contribution >= 0.6 is 0 Å². The molecule has 2 aromatic heterocycles. The number of benzene rings is 2. The first-order chi connectivity index (χ1) is 16.6. The van der Waals surface area contributed by atoms with E-state index in [4.69, 9.17) is 26.3 Å². The molecular weight excluding hydrogens is 430 g/mol. The van der Waals surface area contributed by atoms with Gasteiger partial charge in [-0.05, 0) is 18.2 Å². The number of fused-ring (bicyclic) bond motifs is 1. The van der Waals surface area contributed by atoms with Gasteiger partial charge < -0.3 is 26.1 Å². The zero-order chi connectivity index (χ0) is 23.5. The molecule has 0 aliphatic carbocycles. The minimum Gasteiger partial charge on any atom is -0.403 e. The Kier molecular flexibility index (Phi) is 5.98. The fraction of sp³-hybridized carbons (Fsp3) is 0.208. The van der Waals surface area contributed by atoms with Gasteiger partial charge in [0.2, 0.25) is 5.95 Å². The number of aryl methyl sites for hydroxylation is 1. The Hall–Kier alpha value is -4.15. The lowest BCUT2D eigenvalue weighted by Gasteiger charge is -2.27. The molecule has 1 aliphatic heterocycles. The van der Waals surface area contributed by atoms with Gasteiger partial charge in [-0.2, -0.15) is 10.1 Å². The van der Waals surface area contributed by atoms with Crippen molar-refractivity contribution in [2.24, 2.45) is 18.6 Å². The number of hydrazine groups is 1. The number of nitrogens with one attached hydrogen (secondary N) is 2. The van der Waals surface area contributed by atoms with E-state index in [1.165, 1.54) is 6.20 Å². The summed E-state index contributed by atoms with van der Waals surface area (Å²) < 4.78 is 7.38. The van der Waals surface area contributed by atoms with Crippen LogP contribution in [0.1, 0.15) is 5.56 Å². The van der Waals surface area contributed by atoms with Gasteiger partial charge in [0, 0.05) is 54.6 Å². The van der Waals surface area contributed by atoms with E-state index in [-0.39, 0.29) is 0 Å². The second kappa shape index (κ2) is 9.38. The second-order valence-corrected chi connectivity index (χ2v) is 8.01. The molecule has 0 atom stereocenters. The Bertz CT molecular complexity index is 1320. The summed E-state index contributed by atoms with van der Waals surface area (Å²) in [6.07, 6.45) is 3.30. The molecule has 0 radical (unpaired) electrons. The summed E-state index contributed by atoms with van der Waals surface area (Å²) in [7, 11) is 1.94. The number of aromatic nitrogens is 4. The predicted molar refractivity (Wildman–Crippen MR) is 134 cm³/mol. The number of hydrogen-bond acceptors (Lipinski definition) is 9. The molecule has 4 aromatic rings. The Labute approximate surface area is 197 Å². The molecule has 3 heterocycles. The summed E-state index contributed by atoms with van der Waals surface area (Å²) in [5.74, 6) is 6.90. The third-order valence-electron chi connectivity index (χ3n) is 5.84. The first-order valence-corrected chi connectivity index (χ1v) is 11.0. The quantitative estimate of drug-likeness (QED) is 0.254. The van der Waals surface area contributed by atoms with Gasteiger partial charge in [-0.15, -0.1) is 0 Å². The highest BCUT2D eigenvalue weighted by molar-refractivity contribution is 5.84. The van der Waals surface area contributed by atoms with Gasteiger partial charge in [-0.25, -0.2) is 4.98 Å². The molecule has 10 nitrogen and oxygen atoms in total. The maximum Gasteiger partial charge on any atom is 0.228 e. The summed E-state index contributed by atoms with van der Waals surface area (Å²) in [5, 5.41) is 8.85. The molecule has 2 aromatic carbocycles. The largest absolute Gasteiger partial charge is 0.403 e. The standard InChI is InChI=1S/C24H27N9O/c1-32-22-12-17(2-3-18(22)15-27-32)20-13-23(30-24(29-20)33-8-10-34-11-9-33)28-19-6-4-16(5-7-19)21(14-25)31-26/h2-7,12-15,31H,8-11,25-26H2,1H3,(H,28,29,30)/b21-14-. The molecule has 1 fully saturated rings. The Balaban J connectivity index is 1.51. The molecule has 6 N–H and O–H groups in total. The normalized spacial score (nSPS) is 14.4. The van der Waals surface area contributed by atoms with Gasteiger partial charge in [-0.1, -0.05) is 24.3 Å². The first-order valence-electron chi connectivity index (χ1n) is 11.0. The zero-order valence-electron chi connectivity index (χ0n) is 18.9. The number of ether oxygens (including phenoxy) is 1. The molecule has 0 bridgehead atoms. The molecule has 34 heavy (non-hydrogen) atoms. The summed E-state index contributed by atoms with van der Waals surface area (Å²) in [4.78, 5) is 11.8. The first kappa shape index (κ1) is 21.7. The lowest BCUT2D eigenvalue weighted by molar-refractivity contribution is 0.122. The summed E-state index contributed by atoms with van der Waals surface area (Å²) >= 11 is 0. The molecule has 1 aliphatic rings. The third-order valence-corrected chi connectivity index (χ3v) is 5.84. The maximum atomic E-state index is 5.62. The van der Waals surface area contributed by atoms with Crippen LogP contribution in [0.3, 0.4) is 0 Å². The van der Waals surface area contributed by atoms with E-state index in [1.54, 1.807) is 0 Å². The Morgan fingerprint density at radius 3 is 2.59 bits per heavy atom. The van der Waals surface area contributed by atoms with Crippen LogP contribution in [-0.2, 0) is 11.8 Å². The van der Waals surface area contributed by atoms with Crippen molar-refractivity contribution in [2.75, 3.05) is 36.5 Å². The van der Waals surface area contributed by atoms with Gasteiger partial charge in [0.15, 0.2) is 0 Å². The third kappa shape index (κ3) is 4.36. The minimum absolute atomic E-state index is 0.649. The SMILES string of the molecule is Cn1ncc2ccc(-c3cc(Nc4ccc(/C(=C/N)NN)cc4)nc(N4CCOCC4)n3)cc21. The highest BCUT2D eigenvalue weighted by Gasteiger charge is 2.17. The van der Waals surface area contributed by atoms with Crippen LogP contribution in [0.2, 0.25) is 0 Å². The van der Waals surface area contributed by atoms with Crippen molar-refractivity contribution in [1.29, 1.82) is 0 Å². The number of anilines is 3. The predicted octanol–water partition coefficient (Wildman–Crippen LogP) is 2.33. The van der Waals surface area contributed by atoms with Crippen LogP contribution in [-0.4, -0.2) is 46.1 Å². The van der Waals surface area contributed by atoms with E-state index in [0.29, 0.717) is 30.7 Å². The highest BCUT2D eigenvalue weighted by atomic mass is 16.5. The molecule has 1 saturated heterocycles. The molecule has 0 amide bonds. The summed E-state index contributed by atoms with van der Waals surface area (Å²) in [6, 6.07) is 16.0. The molecule has 0 spiro atoms. The van der Waals surface area contributed by atoms with E-state index in [0.717, 1.165) is 46.5 Å². The van der Waals surface area contributed by atoms with E-state index < -0.39 is 0 Å². The molecule has 174 valence electrons. The molecule has 10 heteroatoms. The fourth-order valence-electron chi connectivity index (χ4n) is 3.96. The average molecular weight is 458 g/mol. The van der Waals surface area contributed by atoms with Gasteiger partial charge >= 0.3 is 0 Å². The lowest BCUT2D eigenvalue weighted by atomic mass is 10.1. The minimum atomic E-state index is 0.649. The number of rotatable bonds is 6. The summed E-state index contributed by atoms with van der Waals surface area (Å²) in [6.45, 7) is 2.81. The Morgan fingerprint density at radius 2 is 1.85 bits per heavy atom. The van der Waals surface area contributed by atoms with Gasteiger partial charge in [0.05, 0.1) is 36.3 Å². The van der Waals surface area contributed by atoms with Crippen LogP contribution in [0.5, 0.6) is 0 Å². The van der Waals surface area contributed by atoms with Crippen LogP contribution in [0.25, 0.3) is 27.9 Å². The topological polar surface area (TPSA) is 132 Å². The molecule has 0 saturated carbocycles. The fourth-order valence-corrected chi connectivity index (χ4v) is 3.96. The summed E-state index contributed by atoms with van der Waals surface area (Å²) in [5.41, 5.74) is 13.5. The lowest BCUT2D eigenvalue weighted by Crippen LogP contribution is -2.37. The smallest absolute Gasteiger partial charge is 0.228 e. The average Bonchev–Trinajstić information content (AvgIpc) is 3.26. The molecule has 0 unspecified atom stereocenters. The van der Waals surface area contributed by atoms with Crippen molar-refractivity contribution in [3.8, 4) is 11.3 Å². The van der Waals surface area contributed by atoms with E-state index >= 15 is 0 Å². The molecule has 5 rings (SSSR count). The van der Waals surface area contributed by atoms with Crippen molar-refractivity contribution in [3.63, 3.8) is 0 Å². The second-order valence-electron chi connectivity index (χ2n) is 8.01. The highest BCUT2D eigenvalue weighted by Crippen LogP contribution is 2.28. The zero-order valence-corrected chi connectivity index (χ0v) is 18.9. The Morgan fingerprint density at radius 1 is 1.06 bits per heavy atom. The van der Waals surface area contributed by atoms with E-state index in [9.17, 15) is 0 Å². The number of nitrogens with zero attached hydrogens (tertiary/aromatic N) is 5. The van der Waals surface area contributed by atoms with Crippen molar-refractivity contribution in [2.45, 2.75) is 0 Å². The number of nitrogens with two attached hydrogens (primary N) is 2. The molecular formula is C24H27N9O. The monoisotopic (exact) mass is 457 g/mol. The van der Waals surface area contributed by atoms with Crippen LogP contribution < -0.4 is 27.2 Å². The van der Waals surface area contributed by atoms with Crippen LogP contribution in [0.4, 0.5) is 17.5 Å². The van der Waals surface area contributed by atoms with Gasteiger partial charge in [0.25, 0.3) is 0 Å². The van der Waals surface area contributed by atoms with E-state index in [1.807, 2.05) is 48.3 Å². The van der Waals surface area contributed by atoms with Gasteiger partial charge in [0.1, 0.15) is 5.82 Å². The van der Waals surface area contributed by atoms with Crippen molar-refractivity contribution in [3.05, 3.63) is 66.5 Å². The number of morpholine rings is 1. The van der Waals surface area contributed by atoms with Crippen molar-refractivity contribution >= 4 is 34.1 Å².